The van der Waals surface area contributed by atoms with Crippen LogP contribution in [0.1, 0.15) is 68.5 Å². The topological polar surface area (TPSA) is 108 Å². The molecule has 3 aromatic rings. The van der Waals surface area contributed by atoms with Crippen molar-refractivity contribution in [3.05, 3.63) is 77.7 Å². The van der Waals surface area contributed by atoms with Gasteiger partial charge in [0.2, 0.25) is 10.0 Å². The van der Waals surface area contributed by atoms with Gasteiger partial charge in [0.25, 0.3) is 5.91 Å². The lowest BCUT2D eigenvalue weighted by molar-refractivity contribution is 0.0687. The van der Waals surface area contributed by atoms with Crippen LogP contribution < -0.4 is 4.72 Å². The molecule has 9 heteroatoms. The first kappa shape index (κ1) is 28.8. The summed E-state index contributed by atoms with van der Waals surface area (Å²) in [6, 6.07) is 12.0. The Balaban J connectivity index is 1.32. The Morgan fingerprint density at radius 3 is 2.63 bits per heavy atom. The number of aromatic amines is 1. The summed E-state index contributed by atoms with van der Waals surface area (Å²) in [5.41, 5.74) is 4.35. The molecule has 2 aromatic heterocycles. The Labute approximate surface area is 242 Å². The maximum absolute atomic E-state index is 13.7. The van der Waals surface area contributed by atoms with Crippen molar-refractivity contribution in [1.82, 2.24) is 14.6 Å². The lowest BCUT2D eigenvalue weighted by Gasteiger charge is -2.27. The molecule has 0 radical (unpaired) electrons. The number of hydrogen-bond acceptors (Lipinski definition) is 5. The Bertz CT molecular complexity index is 1590. The molecular weight excluding hydrogens is 536 g/mol. The van der Waals surface area contributed by atoms with E-state index in [2.05, 4.69) is 46.8 Å². The number of nitrogens with zero attached hydrogens (tertiary/aromatic N) is 2. The number of aliphatic imine (C=N–C) groups is 1. The van der Waals surface area contributed by atoms with Gasteiger partial charge in [0.1, 0.15) is 11.6 Å². The summed E-state index contributed by atoms with van der Waals surface area (Å²) in [6.45, 7) is 5.62. The highest BCUT2D eigenvalue weighted by Gasteiger charge is 2.43. The summed E-state index contributed by atoms with van der Waals surface area (Å²) >= 11 is 0. The fourth-order valence-electron chi connectivity index (χ4n) is 5.20. The molecule has 0 unspecified atom stereocenters. The zero-order valence-electron chi connectivity index (χ0n) is 23.9. The van der Waals surface area contributed by atoms with Crippen molar-refractivity contribution in [2.24, 2.45) is 10.4 Å². The van der Waals surface area contributed by atoms with E-state index in [1.54, 1.807) is 24.3 Å². The molecule has 0 atom stereocenters. The number of hydrogen-bond donors (Lipinski definition) is 2. The summed E-state index contributed by atoms with van der Waals surface area (Å²) in [5.74, 6) is 1.57. The third-order valence-electron chi connectivity index (χ3n) is 8.15. The molecule has 1 aromatic carbocycles. The van der Waals surface area contributed by atoms with Crippen LogP contribution in [0.2, 0.25) is 0 Å². The Hall–Kier alpha value is -3.69. The van der Waals surface area contributed by atoms with Crippen LogP contribution in [-0.2, 0) is 10.0 Å². The van der Waals surface area contributed by atoms with E-state index in [4.69, 9.17) is 4.42 Å². The summed E-state index contributed by atoms with van der Waals surface area (Å²) < 4.78 is 32.4. The largest absolute Gasteiger partial charge is 0.451 e. The quantitative estimate of drug-likeness (QED) is 0.265. The average molecular weight is 575 g/mol. The van der Waals surface area contributed by atoms with Crippen molar-refractivity contribution in [2.45, 2.75) is 57.3 Å². The highest BCUT2D eigenvalue weighted by Crippen LogP contribution is 2.49. The number of carbonyl (C=O) groups excluding carboxylic acids is 1. The molecule has 41 heavy (non-hydrogen) atoms. The molecule has 1 aliphatic heterocycles. The zero-order chi connectivity index (χ0) is 29.0. The summed E-state index contributed by atoms with van der Waals surface area (Å²) in [4.78, 5) is 23.6. The maximum atomic E-state index is 13.7. The van der Waals surface area contributed by atoms with Gasteiger partial charge in [-0.15, -0.1) is 0 Å². The van der Waals surface area contributed by atoms with E-state index in [-0.39, 0.29) is 22.0 Å². The van der Waals surface area contributed by atoms with Crippen LogP contribution in [0, 0.1) is 5.41 Å². The number of nitrogens with one attached hydrogen (secondary N) is 2. The van der Waals surface area contributed by atoms with Gasteiger partial charge in [0.15, 0.2) is 5.76 Å². The molecule has 0 saturated heterocycles. The lowest BCUT2D eigenvalue weighted by atomic mass is 10.0. The van der Waals surface area contributed by atoms with Gasteiger partial charge in [-0.1, -0.05) is 24.6 Å². The first-order valence-corrected chi connectivity index (χ1v) is 15.7. The van der Waals surface area contributed by atoms with Gasteiger partial charge in [-0.2, -0.15) is 0 Å². The zero-order valence-corrected chi connectivity index (χ0v) is 24.8. The SMILES string of the molecule is CCC1(CN(CCC(C)=CC2=CCCC=Nc3[nH]ccc32)C(=O)c2ccc(-c3ccc(S(=O)(=O)NC)cc3)o2)CC1. The van der Waals surface area contributed by atoms with Gasteiger partial charge in [-0.25, -0.2) is 18.1 Å². The first-order valence-electron chi connectivity index (χ1n) is 14.2. The van der Waals surface area contributed by atoms with Gasteiger partial charge in [-0.3, -0.25) is 4.79 Å². The van der Waals surface area contributed by atoms with Gasteiger partial charge < -0.3 is 14.3 Å². The monoisotopic (exact) mass is 574 g/mol. The second-order valence-electron chi connectivity index (χ2n) is 11.0. The number of H-pyrrole nitrogens is 1. The molecule has 2 N–H and O–H groups in total. The fourth-order valence-corrected chi connectivity index (χ4v) is 5.93. The van der Waals surface area contributed by atoms with E-state index in [1.807, 2.05) is 17.3 Å². The van der Waals surface area contributed by atoms with E-state index >= 15 is 0 Å². The van der Waals surface area contributed by atoms with Crippen LogP contribution in [0.25, 0.3) is 16.9 Å². The van der Waals surface area contributed by atoms with Crippen LogP contribution in [-0.4, -0.2) is 50.6 Å². The minimum atomic E-state index is -3.53. The third kappa shape index (κ3) is 6.63. The van der Waals surface area contributed by atoms with E-state index in [9.17, 15) is 13.2 Å². The number of sulfonamides is 1. The predicted molar refractivity (Wildman–Crippen MR) is 163 cm³/mol. The second kappa shape index (κ2) is 12.0. The normalized spacial score (nSPS) is 16.5. The van der Waals surface area contributed by atoms with Crippen LogP contribution in [0.3, 0.4) is 0 Å². The van der Waals surface area contributed by atoms with Crippen molar-refractivity contribution in [2.75, 3.05) is 20.1 Å². The molecule has 8 nitrogen and oxygen atoms in total. The highest BCUT2D eigenvalue weighted by atomic mass is 32.2. The first-order chi connectivity index (χ1) is 19.7. The highest BCUT2D eigenvalue weighted by molar-refractivity contribution is 7.89. The van der Waals surface area contributed by atoms with E-state index in [0.29, 0.717) is 24.4 Å². The van der Waals surface area contributed by atoms with Crippen LogP contribution in [0.4, 0.5) is 5.82 Å². The number of amides is 1. The summed E-state index contributed by atoms with van der Waals surface area (Å²) in [7, 11) is -2.15. The van der Waals surface area contributed by atoms with Crippen molar-refractivity contribution in [3.63, 3.8) is 0 Å². The molecular formula is C32H38N4O4S. The predicted octanol–water partition coefficient (Wildman–Crippen LogP) is 6.73. The van der Waals surface area contributed by atoms with Gasteiger partial charge in [0, 0.05) is 36.6 Å². The molecule has 1 amide bonds. The van der Waals surface area contributed by atoms with Crippen molar-refractivity contribution >= 4 is 33.5 Å². The molecule has 0 bridgehead atoms. The van der Waals surface area contributed by atoms with Crippen molar-refractivity contribution in [1.29, 1.82) is 0 Å². The van der Waals surface area contributed by atoms with Crippen molar-refractivity contribution in [3.8, 4) is 11.3 Å². The number of rotatable bonds is 11. The average Bonchev–Trinajstić information content (AvgIpc) is 3.33. The van der Waals surface area contributed by atoms with Gasteiger partial charge in [0.05, 0.1) is 4.90 Å². The number of allylic oxidation sites excluding steroid dienone is 3. The molecule has 1 fully saturated rings. The lowest BCUT2D eigenvalue weighted by Crippen LogP contribution is -2.36. The summed E-state index contributed by atoms with van der Waals surface area (Å²) in [6.07, 6.45) is 14.2. The van der Waals surface area contributed by atoms with Crippen molar-refractivity contribution < 1.29 is 17.6 Å². The molecule has 1 aliphatic carbocycles. The number of aromatic nitrogens is 1. The van der Waals surface area contributed by atoms with Gasteiger partial charge in [-0.05, 0) is 106 Å². The second-order valence-corrected chi connectivity index (χ2v) is 12.9. The molecule has 5 rings (SSSR count). The van der Waals surface area contributed by atoms with E-state index in [1.165, 1.54) is 24.8 Å². The molecule has 216 valence electrons. The maximum Gasteiger partial charge on any atom is 0.289 e. The minimum Gasteiger partial charge on any atom is -0.451 e. The standard InChI is InChI=1S/C32H38N4O4S/c1-4-32(16-17-32)22-36(20-15-23(2)21-25-7-5-6-18-34-30-27(25)14-19-35-30)31(37)29-13-12-28(40-29)24-8-10-26(11-9-24)41(38,39)33-3/h7-14,18-19,21,33,35H,4-6,15-17,20,22H2,1-3H3. The van der Waals surface area contributed by atoms with Gasteiger partial charge >= 0.3 is 0 Å². The molecule has 0 spiro atoms. The Morgan fingerprint density at radius 2 is 1.93 bits per heavy atom. The van der Waals surface area contributed by atoms with Crippen LogP contribution >= 0.6 is 0 Å². The molecule has 3 heterocycles. The van der Waals surface area contributed by atoms with E-state index < -0.39 is 10.0 Å². The van der Waals surface area contributed by atoms with Crippen LogP contribution in [0.15, 0.2) is 80.7 Å². The van der Waals surface area contributed by atoms with Crippen LogP contribution in [0.5, 0.6) is 0 Å². The molecule has 2 aliphatic rings. The fraction of sp³-hybridized carbons (Fsp3) is 0.375. The molecule has 1 saturated carbocycles. The minimum absolute atomic E-state index is 0.120. The Morgan fingerprint density at radius 1 is 1.15 bits per heavy atom. The number of furan rings is 1. The summed E-state index contributed by atoms with van der Waals surface area (Å²) in [5, 5.41) is 0. The number of benzene rings is 1. The number of fused-ring (bicyclic) bond motifs is 1. The Kier molecular flexibility index (Phi) is 8.47. The number of carbonyl (C=O) groups is 1. The van der Waals surface area contributed by atoms with E-state index in [0.717, 1.165) is 55.5 Å². The third-order valence-corrected chi connectivity index (χ3v) is 9.58. The smallest absolute Gasteiger partial charge is 0.289 e.